The van der Waals surface area contributed by atoms with Crippen molar-refractivity contribution < 1.29 is 17.9 Å². The molecule has 2 rings (SSSR count). The fourth-order valence-corrected chi connectivity index (χ4v) is 2.71. The molecule has 0 amide bonds. The van der Waals surface area contributed by atoms with Gasteiger partial charge in [-0.2, -0.15) is 18.2 Å². The first-order valence-corrected chi connectivity index (χ1v) is 9.20. The zero-order valence-electron chi connectivity index (χ0n) is 16.2. The number of rotatable bonds is 8. The van der Waals surface area contributed by atoms with Gasteiger partial charge in [-0.1, -0.05) is 45.4 Å². The Morgan fingerprint density at radius 2 is 1.85 bits per heavy atom. The van der Waals surface area contributed by atoms with Crippen LogP contribution in [-0.2, 0) is 12.6 Å². The highest BCUT2D eigenvalue weighted by Gasteiger charge is 2.36. The number of benzene rings is 1. The molecule has 1 aromatic heterocycles. The first-order valence-electron chi connectivity index (χ1n) is 9.20. The maximum Gasteiger partial charge on any atom is 0.423 e. The fourth-order valence-electron chi connectivity index (χ4n) is 2.71. The molecule has 27 heavy (non-hydrogen) atoms. The summed E-state index contributed by atoms with van der Waals surface area (Å²) in [5.41, 5.74) is 1.05. The Labute approximate surface area is 158 Å². The van der Waals surface area contributed by atoms with Gasteiger partial charge in [-0.05, 0) is 30.9 Å². The van der Waals surface area contributed by atoms with Crippen LogP contribution >= 0.6 is 0 Å². The summed E-state index contributed by atoms with van der Waals surface area (Å²) in [6.45, 7) is 8.41. The van der Waals surface area contributed by atoms with Crippen molar-refractivity contribution in [1.29, 1.82) is 0 Å². The van der Waals surface area contributed by atoms with Crippen molar-refractivity contribution >= 4 is 11.6 Å². The highest BCUT2D eigenvalue weighted by Crippen LogP contribution is 2.36. The van der Waals surface area contributed by atoms with Crippen LogP contribution in [-0.4, -0.2) is 23.1 Å². The molecule has 0 saturated carbocycles. The largest absolute Gasteiger partial charge is 0.477 e. The molecule has 0 N–H and O–H groups in total. The van der Waals surface area contributed by atoms with E-state index in [4.69, 9.17) is 4.74 Å². The molecule has 2 aromatic rings. The molecule has 148 valence electrons. The first-order chi connectivity index (χ1) is 12.8. The van der Waals surface area contributed by atoms with Gasteiger partial charge in [-0.25, -0.2) is 4.98 Å². The first kappa shape index (κ1) is 21.0. The summed E-state index contributed by atoms with van der Waals surface area (Å²) >= 11 is 0. The predicted molar refractivity (Wildman–Crippen MR) is 100 cm³/mol. The molecule has 0 spiro atoms. The van der Waals surface area contributed by atoms with Crippen molar-refractivity contribution in [3.63, 3.8) is 0 Å². The summed E-state index contributed by atoms with van der Waals surface area (Å²) in [7, 11) is 0. The lowest BCUT2D eigenvalue weighted by molar-refractivity contribution is -0.139. The van der Waals surface area contributed by atoms with E-state index in [-0.39, 0.29) is 18.5 Å². The third-order valence-corrected chi connectivity index (χ3v) is 3.96. The highest BCUT2D eigenvalue weighted by atomic mass is 19.4. The standard InChI is InChI=1S/C20H26F3N3O/c1-5-9-15-10-7-8-11-17(15)26(6-2)19-24-12-16(20(21,22)23)18(25-19)27-13-14(3)4/h7-8,10-12,14H,5-6,9,13H2,1-4H3. The molecule has 0 radical (unpaired) electrons. The van der Waals surface area contributed by atoms with Gasteiger partial charge >= 0.3 is 6.18 Å². The van der Waals surface area contributed by atoms with Gasteiger partial charge in [-0.3, -0.25) is 0 Å². The lowest BCUT2D eigenvalue weighted by atomic mass is 10.1. The monoisotopic (exact) mass is 381 g/mol. The van der Waals surface area contributed by atoms with Crippen molar-refractivity contribution in [3.8, 4) is 5.88 Å². The molecule has 0 saturated heterocycles. The minimum absolute atomic E-state index is 0.0806. The summed E-state index contributed by atoms with van der Waals surface area (Å²) in [6, 6.07) is 7.80. The predicted octanol–water partition coefficient (Wildman–Crippen LogP) is 5.64. The zero-order valence-corrected chi connectivity index (χ0v) is 16.2. The summed E-state index contributed by atoms with van der Waals surface area (Å²) in [6.07, 6.45) is -1.93. The number of aryl methyl sites for hydroxylation is 1. The number of ether oxygens (including phenoxy) is 1. The van der Waals surface area contributed by atoms with Crippen LogP contribution in [0.2, 0.25) is 0 Å². The number of nitrogens with zero attached hydrogens (tertiary/aromatic N) is 3. The third-order valence-electron chi connectivity index (χ3n) is 3.96. The van der Waals surface area contributed by atoms with Crippen molar-refractivity contribution in [2.45, 2.75) is 46.7 Å². The highest BCUT2D eigenvalue weighted by molar-refractivity contribution is 5.62. The topological polar surface area (TPSA) is 38.2 Å². The lowest BCUT2D eigenvalue weighted by Crippen LogP contribution is -2.22. The molecule has 0 unspecified atom stereocenters. The van der Waals surface area contributed by atoms with E-state index in [1.807, 2.05) is 49.9 Å². The molecule has 1 aromatic carbocycles. The van der Waals surface area contributed by atoms with Gasteiger partial charge in [0.15, 0.2) is 0 Å². The summed E-state index contributed by atoms with van der Waals surface area (Å²) in [4.78, 5) is 9.94. The van der Waals surface area contributed by atoms with Gasteiger partial charge in [0.05, 0.1) is 6.61 Å². The number of hydrogen-bond acceptors (Lipinski definition) is 4. The zero-order chi connectivity index (χ0) is 20.0. The number of hydrogen-bond donors (Lipinski definition) is 0. The smallest absolute Gasteiger partial charge is 0.423 e. The molecule has 4 nitrogen and oxygen atoms in total. The average Bonchev–Trinajstić information content (AvgIpc) is 2.61. The normalized spacial score (nSPS) is 11.7. The Morgan fingerprint density at radius 1 is 1.15 bits per heavy atom. The molecule has 1 heterocycles. The van der Waals surface area contributed by atoms with E-state index in [9.17, 15) is 13.2 Å². The maximum absolute atomic E-state index is 13.3. The molecule has 0 aliphatic rings. The molecule has 0 bridgehead atoms. The molecular weight excluding hydrogens is 355 g/mol. The van der Waals surface area contributed by atoms with Crippen LogP contribution in [0.25, 0.3) is 0 Å². The van der Waals surface area contributed by atoms with E-state index in [0.717, 1.165) is 30.3 Å². The van der Waals surface area contributed by atoms with Crippen LogP contribution in [0.1, 0.15) is 45.2 Å². The van der Waals surface area contributed by atoms with E-state index in [2.05, 4.69) is 16.9 Å². The Balaban J connectivity index is 2.48. The van der Waals surface area contributed by atoms with Crippen LogP contribution in [0, 0.1) is 5.92 Å². The molecule has 0 aliphatic heterocycles. The second kappa shape index (κ2) is 9.06. The SMILES string of the molecule is CCCc1ccccc1N(CC)c1ncc(C(F)(F)F)c(OCC(C)C)n1. The lowest BCUT2D eigenvalue weighted by Gasteiger charge is -2.25. The van der Waals surface area contributed by atoms with E-state index < -0.39 is 17.6 Å². The van der Waals surface area contributed by atoms with E-state index >= 15 is 0 Å². The number of alkyl halides is 3. The van der Waals surface area contributed by atoms with Crippen LogP contribution in [0.4, 0.5) is 24.8 Å². The third kappa shape index (κ3) is 5.34. The molecule has 0 fully saturated rings. The summed E-state index contributed by atoms with van der Waals surface area (Å²) in [5.74, 6) is -0.141. The average molecular weight is 381 g/mol. The number of aromatic nitrogens is 2. The van der Waals surface area contributed by atoms with Crippen molar-refractivity contribution in [1.82, 2.24) is 9.97 Å². The molecular formula is C20H26F3N3O. The molecule has 7 heteroatoms. The summed E-state index contributed by atoms with van der Waals surface area (Å²) in [5, 5.41) is 0. The van der Waals surface area contributed by atoms with Crippen molar-refractivity contribution in [3.05, 3.63) is 41.6 Å². The van der Waals surface area contributed by atoms with Crippen LogP contribution in [0.3, 0.4) is 0 Å². The quantitative estimate of drug-likeness (QED) is 0.593. The van der Waals surface area contributed by atoms with Gasteiger partial charge in [0.25, 0.3) is 0 Å². The second-order valence-electron chi connectivity index (χ2n) is 6.71. The van der Waals surface area contributed by atoms with Crippen molar-refractivity contribution in [2.75, 3.05) is 18.1 Å². The Kier molecular flexibility index (Phi) is 7.05. The van der Waals surface area contributed by atoms with Gasteiger partial charge in [-0.15, -0.1) is 0 Å². The van der Waals surface area contributed by atoms with Gasteiger partial charge < -0.3 is 9.64 Å². The number of anilines is 2. The minimum atomic E-state index is -4.57. The Bertz CT molecular complexity index is 747. The Morgan fingerprint density at radius 3 is 2.44 bits per heavy atom. The van der Waals surface area contributed by atoms with Crippen molar-refractivity contribution in [2.24, 2.45) is 5.92 Å². The second-order valence-corrected chi connectivity index (χ2v) is 6.71. The maximum atomic E-state index is 13.3. The van der Waals surface area contributed by atoms with Crippen LogP contribution in [0.15, 0.2) is 30.5 Å². The fraction of sp³-hybridized carbons (Fsp3) is 0.500. The van der Waals surface area contributed by atoms with E-state index in [1.165, 1.54) is 0 Å². The summed E-state index contributed by atoms with van der Waals surface area (Å²) < 4.78 is 45.3. The number of para-hydroxylation sites is 1. The van der Waals surface area contributed by atoms with E-state index in [0.29, 0.717) is 6.54 Å². The van der Waals surface area contributed by atoms with Crippen LogP contribution < -0.4 is 9.64 Å². The van der Waals surface area contributed by atoms with Gasteiger partial charge in [0.2, 0.25) is 11.8 Å². The molecule has 0 aliphatic carbocycles. The van der Waals surface area contributed by atoms with E-state index in [1.54, 1.807) is 0 Å². The Hall–Kier alpha value is -2.31. The molecule has 0 atom stereocenters. The number of halogens is 3. The van der Waals surface area contributed by atoms with Crippen LogP contribution in [0.5, 0.6) is 5.88 Å². The van der Waals surface area contributed by atoms with Gasteiger partial charge in [0, 0.05) is 18.4 Å². The van der Waals surface area contributed by atoms with Gasteiger partial charge in [0.1, 0.15) is 5.56 Å². The minimum Gasteiger partial charge on any atom is -0.477 e.